The zero-order valence-corrected chi connectivity index (χ0v) is 15.5. The van der Waals surface area contributed by atoms with E-state index >= 15 is 0 Å². The van der Waals surface area contributed by atoms with Crippen LogP contribution in [0.3, 0.4) is 0 Å². The second kappa shape index (κ2) is 7.81. The highest BCUT2D eigenvalue weighted by atomic mass is 19.2. The van der Waals surface area contributed by atoms with Crippen LogP contribution in [-0.4, -0.2) is 9.78 Å². The van der Waals surface area contributed by atoms with Gasteiger partial charge in [0, 0.05) is 6.20 Å². The van der Waals surface area contributed by atoms with Gasteiger partial charge in [-0.05, 0) is 72.7 Å². The molecule has 0 radical (unpaired) electrons. The summed E-state index contributed by atoms with van der Waals surface area (Å²) in [6.07, 6.45) is 5.14. The molecule has 1 aromatic heterocycles. The smallest absolute Gasteiger partial charge is 0.159 e. The molecular weight excluding hydrogens is 330 g/mol. The van der Waals surface area contributed by atoms with E-state index in [1.165, 1.54) is 17.7 Å². The zero-order valence-electron chi connectivity index (χ0n) is 15.5. The molecule has 2 aromatic carbocycles. The third kappa shape index (κ3) is 3.69. The fraction of sp³-hybridized carbons (Fsp3) is 0.318. The van der Waals surface area contributed by atoms with Gasteiger partial charge in [0.25, 0.3) is 0 Å². The lowest BCUT2D eigenvalue weighted by Gasteiger charge is -2.20. The van der Waals surface area contributed by atoms with Gasteiger partial charge in [-0.3, -0.25) is 0 Å². The Kier molecular flexibility index (Phi) is 5.50. The lowest BCUT2D eigenvalue weighted by atomic mass is 9.88. The Morgan fingerprint density at radius 1 is 0.962 bits per heavy atom. The van der Waals surface area contributed by atoms with Crippen molar-refractivity contribution in [2.24, 2.45) is 0 Å². The van der Waals surface area contributed by atoms with Gasteiger partial charge in [-0.15, -0.1) is 0 Å². The fourth-order valence-electron chi connectivity index (χ4n) is 3.42. The van der Waals surface area contributed by atoms with Crippen molar-refractivity contribution in [1.82, 2.24) is 9.78 Å². The zero-order chi connectivity index (χ0) is 18.7. The van der Waals surface area contributed by atoms with Crippen LogP contribution in [0.1, 0.15) is 50.3 Å². The monoisotopic (exact) mass is 354 g/mol. The summed E-state index contributed by atoms with van der Waals surface area (Å²) in [5.74, 6) is -1.25. The van der Waals surface area contributed by atoms with Gasteiger partial charge in [-0.1, -0.05) is 32.4 Å². The Morgan fingerprint density at radius 3 is 2.31 bits per heavy atom. The largest absolute Gasteiger partial charge is 0.240 e. The van der Waals surface area contributed by atoms with Crippen molar-refractivity contribution in [2.75, 3.05) is 0 Å². The van der Waals surface area contributed by atoms with E-state index in [1.54, 1.807) is 6.07 Å². The van der Waals surface area contributed by atoms with Gasteiger partial charge in [0.05, 0.1) is 11.4 Å². The topological polar surface area (TPSA) is 17.8 Å². The normalized spacial score (nSPS) is 12.3. The molecule has 0 aliphatic heterocycles. The van der Waals surface area contributed by atoms with Crippen LogP contribution in [0.15, 0.2) is 48.7 Å². The van der Waals surface area contributed by atoms with E-state index in [0.29, 0.717) is 11.5 Å². The first-order chi connectivity index (χ1) is 12.5. The van der Waals surface area contributed by atoms with E-state index in [0.717, 1.165) is 36.2 Å². The summed E-state index contributed by atoms with van der Waals surface area (Å²) < 4.78 is 28.8. The molecule has 3 aromatic rings. The van der Waals surface area contributed by atoms with Crippen LogP contribution in [0.5, 0.6) is 0 Å². The number of nitrogens with zero attached hydrogens (tertiary/aromatic N) is 2. The minimum Gasteiger partial charge on any atom is -0.240 e. The van der Waals surface area contributed by atoms with Gasteiger partial charge in [0.15, 0.2) is 11.6 Å². The Labute approximate surface area is 153 Å². The molecule has 26 heavy (non-hydrogen) atoms. The predicted octanol–water partition coefficient (Wildman–Crippen LogP) is 6.42. The average molecular weight is 354 g/mol. The second-order valence-electron chi connectivity index (χ2n) is 6.70. The summed E-state index contributed by atoms with van der Waals surface area (Å²) in [7, 11) is 0. The maximum absolute atomic E-state index is 13.7. The first kappa shape index (κ1) is 18.3. The minimum atomic E-state index is -0.824. The molecule has 1 atom stereocenters. The summed E-state index contributed by atoms with van der Waals surface area (Å²) in [6.45, 7) is 6.33. The van der Waals surface area contributed by atoms with E-state index in [1.807, 2.05) is 36.0 Å². The molecule has 136 valence electrons. The van der Waals surface area contributed by atoms with Gasteiger partial charge >= 0.3 is 0 Å². The number of halogens is 2. The van der Waals surface area contributed by atoms with Crippen LogP contribution in [0.25, 0.3) is 16.8 Å². The number of aromatic nitrogens is 2. The number of hydrogen-bond acceptors (Lipinski definition) is 1. The third-order valence-corrected chi connectivity index (χ3v) is 4.82. The second-order valence-corrected chi connectivity index (χ2v) is 6.70. The van der Waals surface area contributed by atoms with Gasteiger partial charge < -0.3 is 0 Å². The number of aryl methyl sites for hydroxylation is 1. The number of rotatable bonds is 6. The van der Waals surface area contributed by atoms with Crippen LogP contribution < -0.4 is 0 Å². The highest BCUT2D eigenvalue weighted by Crippen LogP contribution is 2.34. The molecule has 4 heteroatoms. The van der Waals surface area contributed by atoms with Crippen LogP contribution in [-0.2, 0) is 0 Å². The molecule has 0 fully saturated rings. The summed E-state index contributed by atoms with van der Waals surface area (Å²) in [4.78, 5) is 0. The maximum atomic E-state index is 13.7. The molecular formula is C22H24F2N2. The Bertz CT molecular complexity index is 899. The van der Waals surface area contributed by atoms with E-state index in [-0.39, 0.29) is 0 Å². The molecule has 1 heterocycles. The molecule has 1 unspecified atom stereocenters. The minimum absolute atomic E-state index is 0.393. The molecule has 0 saturated heterocycles. The number of benzene rings is 2. The van der Waals surface area contributed by atoms with Gasteiger partial charge in [0.2, 0.25) is 0 Å². The van der Waals surface area contributed by atoms with Crippen LogP contribution in [0.4, 0.5) is 8.78 Å². The van der Waals surface area contributed by atoms with Crippen molar-refractivity contribution in [2.45, 2.75) is 46.0 Å². The van der Waals surface area contributed by atoms with E-state index < -0.39 is 11.6 Å². The summed E-state index contributed by atoms with van der Waals surface area (Å²) in [5, 5.41) is 4.55. The molecule has 0 aliphatic carbocycles. The van der Waals surface area contributed by atoms with Crippen molar-refractivity contribution in [1.29, 1.82) is 0 Å². The van der Waals surface area contributed by atoms with Gasteiger partial charge in [0.1, 0.15) is 0 Å². The first-order valence-electron chi connectivity index (χ1n) is 9.15. The van der Waals surface area contributed by atoms with E-state index in [4.69, 9.17) is 0 Å². The lowest BCUT2D eigenvalue weighted by Crippen LogP contribution is -2.06. The summed E-state index contributed by atoms with van der Waals surface area (Å²) in [6, 6.07) is 12.1. The summed E-state index contributed by atoms with van der Waals surface area (Å²) >= 11 is 0. The van der Waals surface area contributed by atoms with Crippen LogP contribution in [0, 0.1) is 18.6 Å². The first-order valence-corrected chi connectivity index (χ1v) is 9.15. The maximum Gasteiger partial charge on any atom is 0.159 e. The fourth-order valence-corrected chi connectivity index (χ4v) is 3.42. The molecule has 0 aliphatic rings. The quantitative estimate of drug-likeness (QED) is 0.499. The SMILES string of the molecule is CCCC(CC)c1cc(-c2ccc(F)c(F)c2)ccc1-n1ccc(C)n1. The van der Waals surface area contributed by atoms with Crippen LogP contribution >= 0.6 is 0 Å². The van der Waals surface area contributed by atoms with E-state index in [9.17, 15) is 8.78 Å². The highest BCUT2D eigenvalue weighted by molar-refractivity contribution is 5.67. The molecule has 2 nitrogen and oxygen atoms in total. The van der Waals surface area contributed by atoms with Gasteiger partial charge in [-0.2, -0.15) is 5.10 Å². The van der Waals surface area contributed by atoms with Crippen molar-refractivity contribution in [3.8, 4) is 16.8 Å². The Hall–Kier alpha value is -2.49. The molecule has 0 bridgehead atoms. The Morgan fingerprint density at radius 2 is 1.69 bits per heavy atom. The molecule has 0 spiro atoms. The van der Waals surface area contributed by atoms with Crippen molar-refractivity contribution < 1.29 is 8.78 Å². The van der Waals surface area contributed by atoms with Crippen molar-refractivity contribution in [3.63, 3.8) is 0 Å². The summed E-state index contributed by atoms with van der Waals surface area (Å²) in [5.41, 5.74) is 4.77. The lowest BCUT2D eigenvalue weighted by molar-refractivity contribution is 0.509. The Balaban J connectivity index is 2.13. The predicted molar refractivity (Wildman–Crippen MR) is 102 cm³/mol. The molecule has 3 rings (SSSR count). The average Bonchev–Trinajstić information content (AvgIpc) is 3.07. The van der Waals surface area contributed by atoms with Crippen molar-refractivity contribution >= 4 is 0 Å². The number of hydrogen-bond donors (Lipinski definition) is 0. The molecule has 0 amide bonds. The van der Waals surface area contributed by atoms with Crippen LogP contribution in [0.2, 0.25) is 0 Å². The molecule has 0 saturated carbocycles. The third-order valence-electron chi connectivity index (χ3n) is 4.82. The highest BCUT2D eigenvalue weighted by Gasteiger charge is 2.17. The van der Waals surface area contributed by atoms with Crippen molar-refractivity contribution in [3.05, 3.63) is 71.6 Å². The van der Waals surface area contributed by atoms with Gasteiger partial charge in [-0.25, -0.2) is 13.5 Å². The molecule has 0 N–H and O–H groups in total. The van der Waals surface area contributed by atoms with E-state index in [2.05, 4.69) is 25.0 Å². The standard InChI is InChI=1S/C22H24F2N2/c1-4-6-16(5-2)19-13-17(18-7-9-20(23)21(24)14-18)8-10-22(19)26-12-11-15(3)25-26/h7-14,16H,4-6H2,1-3H3.